The molecule has 0 radical (unpaired) electrons. The SMILES string of the molecule is O=C(Nc1ccccc1Cc1ccccc1)c1cc(C(F)(F)F)nn1-c1ccccc1Cl. The molecule has 1 aromatic heterocycles. The van der Waals surface area contributed by atoms with E-state index in [1.807, 2.05) is 42.5 Å². The van der Waals surface area contributed by atoms with Crippen LogP contribution >= 0.6 is 11.6 Å². The summed E-state index contributed by atoms with van der Waals surface area (Å²) in [6.45, 7) is 0. The van der Waals surface area contributed by atoms with Crippen molar-refractivity contribution >= 4 is 23.2 Å². The van der Waals surface area contributed by atoms with Gasteiger partial charge in [-0.05, 0) is 35.7 Å². The molecule has 4 rings (SSSR count). The van der Waals surface area contributed by atoms with Gasteiger partial charge in [-0.25, -0.2) is 4.68 Å². The molecule has 0 aliphatic carbocycles. The molecule has 0 fully saturated rings. The van der Waals surface area contributed by atoms with E-state index in [1.54, 1.807) is 24.3 Å². The first-order valence-electron chi connectivity index (χ1n) is 9.68. The summed E-state index contributed by atoms with van der Waals surface area (Å²) in [6, 6.07) is 23.8. The van der Waals surface area contributed by atoms with Crippen molar-refractivity contribution in [3.8, 4) is 5.69 Å². The van der Waals surface area contributed by atoms with Gasteiger partial charge in [0.25, 0.3) is 5.91 Å². The number of rotatable bonds is 5. The van der Waals surface area contributed by atoms with Crippen LogP contribution in [0.25, 0.3) is 5.69 Å². The number of halogens is 4. The molecule has 0 atom stereocenters. The average molecular weight is 456 g/mol. The number of benzene rings is 3. The predicted octanol–water partition coefficient (Wildman–Crippen LogP) is 6.39. The molecule has 0 aliphatic heterocycles. The summed E-state index contributed by atoms with van der Waals surface area (Å²) in [6.07, 6.45) is -4.17. The van der Waals surface area contributed by atoms with Gasteiger partial charge in [0.15, 0.2) is 5.69 Å². The largest absolute Gasteiger partial charge is 0.435 e. The summed E-state index contributed by atoms with van der Waals surface area (Å²) in [5.74, 6) is -0.728. The van der Waals surface area contributed by atoms with E-state index in [1.165, 1.54) is 12.1 Å². The van der Waals surface area contributed by atoms with Crippen LogP contribution in [-0.4, -0.2) is 15.7 Å². The maximum atomic E-state index is 13.4. The number of carbonyl (C=O) groups excluding carboxylic acids is 1. The van der Waals surface area contributed by atoms with Gasteiger partial charge in [0.1, 0.15) is 5.69 Å². The first kappa shape index (κ1) is 21.6. The smallest absolute Gasteiger partial charge is 0.320 e. The molecule has 4 nitrogen and oxygen atoms in total. The van der Waals surface area contributed by atoms with Gasteiger partial charge >= 0.3 is 6.18 Å². The van der Waals surface area contributed by atoms with Crippen LogP contribution < -0.4 is 5.32 Å². The number of hydrogen-bond donors (Lipinski definition) is 1. The van der Waals surface area contributed by atoms with Crippen LogP contribution in [-0.2, 0) is 12.6 Å². The molecular formula is C24H17ClF3N3O. The lowest BCUT2D eigenvalue weighted by atomic mass is 10.0. The Morgan fingerprint density at radius 3 is 2.31 bits per heavy atom. The predicted molar refractivity (Wildman–Crippen MR) is 117 cm³/mol. The average Bonchev–Trinajstić information content (AvgIpc) is 3.22. The van der Waals surface area contributed by atoms with E-state index in [-0.39, 0.29) is 16.4 Å². The van der Waals surface area contributed by atoms with Gasteiger partial charge in [-0.3, -0.25) is 4.79 Å². The molecule has 0 saturated heterocycles. The number of para-hydroxylation sites is 2. The van der Waals surface area contributed by atoms with Gasteiger partial charge in [0.2, 0.25) is 0 Å². The van der Waals surface area contributed by atoms with E-state index in [0.29, 0.717) is 12.1 Å². The summed E-state index contributed by atoms with van der Waals surface area (Å²) in [5, 5.41) is 6.51. The van der Waals surface area contributed by atoms with Crippen LogP contribution in [0.1, 0.15) is 27.3 Å². The van der Waals surface area contributed by atoms with Gasteiger partial charge in [-0.1, -0.05) is 72.3 Å². The summed E-state index contributed by atoms with van der Waals surface area (Å²) in [7, 11) is 0. The van der Waals surface area contributed by atoms with Crippen molar-refractivity contribution < 1.29 is 18.0 Å². The fourth-order valence-electron chi connectivity index (χ4n) is 3.29. The van der Waals surface area contributed by atoms with Gasteiger partial charge < -0.3 is 5.32 Å². The third-order valence-corrected chi connectivity index (χ3v) is 5.14. The third kappa shape index (κ3) is 4.68. The number of hydrogen-bond acceptors (Lipinski definition) is 2. The number of anilines is 1. The third-order valence-electron chi connectivity index (χ3n) is 4.82. The second kappa shape index (κ2) is 8.88. The molecule has 4 aromatic rings. The minimum Gasteiger partial charge on any atom is -0.320 e. The summed E-state index contributed by atoms with van der Waals surface area (Å²) in [4.78, 5) is 13.1. The molecule has 0 spiro atoms. The quantitative estimate of drug-likeness (QED) is 0.379. The number of nitrogens with zero attached hydrogens (tertiary/aromatic N) is 2. The van der Waals surface area contributed by atoms with Crippen LogP contribution in [0.3, 0.4) is 0 Å². The number of nitrogens with one attached hydrogen (secondary N) is 1. The highest BCUT2D eigenvalue weighted by Gasteiger charge is 2.36. The molecule has 1 heterocycles. The molecule has 8 heteroatoms. The number of carbonyl (C=O) groups is 1. The second-order valence-electron chi connectivity index (χ2n) is 7.05. The Labute approximate surface area is 187 Å². The van der Waals surface area contributed by atoms with E-state index in [9.17, 15) is 18.0 Å². The van der Waals surface area contributed by atoms with Gasteiger partial charge in [-0.2, -0.15) is 18.3 Å². The molecule has 0 unspecified atom stereocenters. The number of alkyl halides is 3. The molecule has 3 aromatic carbocycles. The van der Waals surface area contributed by atoms with E-state index in [4.69, 9.17) is 11.6 Å². The van der Waals surface area contributed by atoms with Gasteiger partial charge in [0, 0.05) is 11.8 Å². The first-order chi connectivity index (χ1) is 15.3. The summed E-state index contributed by atoms with van der Waals surface area (Å²) in [5.41, 5.74) is 1.08. The van der Waals surface area contributed by atoms with E-state index in [2.05, 4.69) is 10.4 Å². The van der Waals surface area contributed by atoms with E-state index < -0.39 is 17.8 Å². The maximum absolute atomic E-state index is 13.4. The standard InChI is InChI=1S/C24H17ClF3N3O/c25-18-11-5-7-13-20(18)31-21(15-22(30-31)24(26,27)28)23(32)29-19-12-6-4-10-17(19)14-16-8-2-1-3-9-16/h1-13,15H,14H2,(H,29,32). The van der Waals surface area contributed by atoms with Crippen LogP contribution in [0.2, 0.25) is 5.02 Å². The molecule has 0 bridgehead atoms. The van der Waals surface area contributed by atoms with Gasteiger partial charge in [0.05, 0.1) is 10.7 Å². The zero-order chi connectivity index (χ0) is 22.7. The molecule has 1 amide bonds. The molecular weight excluding hydrogens is 439 g/mol. The Hall–Kier alpha value is -3.58. The zero-order valence-corrected chi connectivity index (χ0v) is 17.4. The zero-order valence-electron chi connectivity index (χ0n) is 16.6. The van der Waals surface area contributed by atoms with E-state index in [0.717, 1.165) is 21.9 Å². The Morgan fingerprint density at radius 2 is 1.59 bits per heavy atom. The summed E-state index contributed by atoms with van der Waals surface area (Å²) < 4.78 is 41.0. The van der Waals surface area contributed by atoms with Crippen molar-refractivity contribution in [2.75, 3.05) is 5.32 Å². The molecule has 0 aliphatic rings. The van der Waals surface area contributed by atoms with Crippen molar-refractivity contribution in [3.05, 3.63) is 112 Å². The van der Waals surface area contributed by atoms with Gasteiger partial charge in [-0.15, -0.1) is 0 Å². The van der Waals surface area contributed by atoms with Crippen molar-refractivity contribution in [3.63, 3.8) is 0 Å². The summed E-state index contributed by atoms with van der Waals surface area (Å²) >= 11 is 6.16. The molecule has 32 heavy (non-hydrogen) atoms. The van der Waals surface area contributed by atoms with Crippen molar-refractivity contribution in [1.82, 2.24) is 9.78 Å². The Balaban J connectivity index is 1.70. The number of amides is 1. The maximum Gasteiger partial charge on any atom is 0.435 e. The molecule has 162 valence electrons. The van der Waals surface area contributed by atoms with Crippen LogP contribution in [0.15, 0.2) is 84.9 Å². The minimum absolute atomic E-state index is 0.169. The first-order valence-corrected chi connectivity index (χ1v) is 10.1. The Kier molecular flexibility index (Phi) is 6.01. The highest BCUT2D eigenvalue weighted by Crippen LogP contribution is 2.31. The van der Waals surface area contributed by atoms with Crippen molar-refractivity contribution in [2.24, 2.45) is 0 Å². The monoisotopic (exact) mass is 455 g/mol. The fourth-order valence-corrected chi connectivity index (χ4v) is 3.50. The second-order valence-corrected chi connectivity index (χ2v) is 7.46. The normalized spacial score (nSPS) is 11.4. The van der Waals surface area contributed by atoms with Crippen molar-refractivity contribution in [2.45, 2.75) is 12.6 Å². The fraction of sp³-hybridized carbons (Fsp3) is 0.0833. The van der Waals surface area contributed by atoms with Crippen LogP contribution in [0.4, 0.5) is 18.9 Å². The molecule has 0 saturated carbocycles. The highest BCUT2D eigenvalue weighted by molar-refractivity contribution is 6.32. The topological polar surface area (TPSA) is 46.9 Å². The van der Waals surface area contributed by atoms with E-state index >= 15 is 0 Å². The number of aromatic nitrogens is 2. The van der Waals surface area contributed by atoms with Crippen molar-refractivity contribution in [1.29, 1.82) is 0 Å². The lowest BCUT2D eigenvalue weighted by Crippen LogP contribution is -2.18. The lowest BCUT2D eigenvalue weighted by molar-refractivity contribution is -0.141. The van der Waals surface area contributed by atoms with Crippen LogP contribution in [0.5, 0.6) is 0 Å². The molecule has 1 N–H and O–H groups in total. The Bertz CT molecular complexity index is 1250. The highest BCUT2D eigenvalue weighted by atomic mass is 35.5. The van der Waals surface area contributed by atoms with Crippen LogP contribution in [0, 0.1) is 0 Å². The lowest BCUT2D eigenvalue weighted by Gasteiger charge is -2.13. The minimum atomic E-state index is -4.72. The Morgan fingerprint density at radius 1 is 0.938 bits per heavy atom.